The summed E-state index contributed by atoms with van der Waals surface area (Å²) >= 11 is 0. The number of carbonyl (C=O) groups is 1. The van der Waals surface area contributed by atoms with Gasteiger partial charge in [0.25, 0.3) is 0 Å². The Kier molecular flexibility index (Phi) is 4.73. The Hall–Kier alpha value is -2.02. The van der Waals surface area contributed by atoms with E-state index in [1.165, 1.54) is 0 Å². The highest BCUT2D eigenvalue weighted by Crippen LogP contribution is 2.34. The van der Waals surface area contributed by atoms with Crippen molar-refractivity contribution in [2.24, 2.45) is 0 Å². The van der Waals surface area contributed by atoms with E-state index >= 15 is 0 Å². The number of hydrogen-bond donors (Lipinski definition) is 1. The maximum Gasteiger partial charge on any atom is 0.225 e. The van der Waals surface area contributed by atoms with E-state index in [-0.39, 0.29) is 18.7 Å². The molecular formula is C14H18N2O2. The van der Waals surface area contributed by atoms with Crippen molar-refractivity contribution in [3.8, 4) is 11.8 Å². The third-order valence-corrected chi connectivity index (χ3v) is 2.92. The maximum absolute atomic E-state index is 11.7. The molecule has 0 aliphatic rings. The molecule has 96 valence electrons. The number of carbonyl (C=O) groups excluding carboxylic acids is 1. The standard InChI is InChI=1S/C14H18N2O2/c1-9-8-10(2)13(14(18-4)11(9)3)16-12(17)6-5-7-15/h8H,5-6H2,1-4H3,(H,16,17). The Balaban J connectivity index is 3.05. The lowest BCUT2D eigenvalue weighted by Gasteiger charge is -2.17. The van der Waals surface area contributed by atoms with Crippen LogP contribution in [0.4, 0.5) is 5.69 Å². The van der Waals surface area contributed by atoms with E-state index in [0.29, 0.717) is 11.4 Å². The van der Waals surface area contributed by atoms with Crippen LogP contribution in [-0.2, 0) is 4.79 Å². The van der Waals surface area contributed by atoms with Crippen LogP contribution in [0.15, 0.2) is 6.07 Å². The van der Waals surface area contributed by atoms with E-state index in [1.54, 1.807) is 7.11 Å². The summed E-state index contributed by atoms with van der Waals surface area (Å²) in [6, 6.07) is 3.97. The summed E-state index contributed by atoms with van der Waals surface area (Å²) in [6.07, 6.45) is 0.421. The van der Waals surface area contributed by atoms with Crippen molar-refractivity contribution in [3.63, 3.8) is 0 Å². The lowest BCUT2D eigenvalue weighted by molar-refractivity contribution is -0.116. The first-order valence-corrected chi connectivity index (χ1v) is 5.82. The monoisotopic (exact) mass is 246 g/mol. The first-order valence-electron chi connectivity index (χ1n) is 5.82. The van der Waals surface area contributed by atoms with Gasteiger partial charge in [-0.15, -0.1) is 0 Å². The molecule has 1 amide bonds. The highest BCUT2D eigenvalue weighted by Gasteiger charge is 2.14. The average molecular weight is 246 g/mol. The van der Waals surface area contributed by atoms with E-state index in [1.807, 2.05) is 32.9 Å². The minimum Gasteiger partial charge on any atom is -0.494 e. The number of nitrogens with one attached hydrogen (secondary N) is 1. The molecule has 4 nitrogen and oxygen atoms in total. The number of ether oxygens (including phenoxy) is 1. The van der Waals surface area contributed by atoms with Crippen LogP contribution < -0.4 is 10.1 Å². The van der Waals surface area contributed by atoms with Crippen molar-refractivity contribution in [3.05, 3.63) is 22.8 Å². The van der Waals surface area contributed by atoms with Gasteiger partial charge in [-0.3, -0.25) is 4.79 Å². The van der Waals surface area contributed by atoms with Crippen LogP contribution in [0.3, 0.4) is 0 Å². The smallest absolute Gasteiger partial charge is 0.225 e. The molecule has 1 rings (SSSR count). The Morgan fingerprint density at radius 1 is 1.39 bits per heavy atom. The van der Waals surface area contributed by atoms with Gasteiger partial charge in [-0.1, -0.05) is 6.07 Å². The number of benzene rings is 1. The summed E-state index contributed by atoms with van der Waals surface area (Å²) in [5, 5.41) is 11.3. The Morgan fingerprint density at radius 2 is 2.06 bits per heavy atom. The highest BCUT2D eigenvalue weighted by molar-refractivity contribution is 5.93. The van der Waals surface area contributed by atoms with Gasteiger partial charge in [-0.25, -0.2) is 0 Å². The molecular weight excluding hydrogens is 228 g/mol. The van der Waals surface area contributed by atoms with E-state index < -0.39 is 0 Å². The second-order valence-corrected chi connectivity index (χ2v) is 4.25. The number of aryl methyl sites for hydroxylation is 2. The molecule has 0 aliphatic heterocycles. The minimum absolute atomic E-state index is 0.166. The third-order valence-electron chi connectivity index (χ3n) is 2.92. The zero-order valence-electron chi connectivity index (χ0n) is 11.3. The highest BCUT2D eigenvalue weighted by atomic mass is 16.5. The van der Waals surface area contributed by atoms with Gasteiger partial charge in [0.2, 0.25) is 5.91 Å². The van der Waals surface area contributed by atoms with E-state index in [2.05, 4.69) is 5.32 Å². The van der Waals surface area contributed by atoms with Crippen LogP contribution in [0, 0.1) is 32.1 Å². The summed E-state index contributed by atoms with van der Waals surface area (Å²) < 4.78 is 5.36. The molecule has 4 heteroatoms. The van der Waals surface area contributed by atoms with Gasteiger partial charge in [0.1, 0.15) is 5.75 Å². The van der Waals surface area contributed by atoms with Crippen LogP contribution in [0.2, 0.25) is 0 Å². The minimum atomic E-state index is -0.166. The fourth-order valence-corrected chi connectivity index (χ4v) is 1.83. The van der Waals surface area contributed by atoms with Crippen LogP contribution in [0.25, 0.3) is 0 Å². The van der Waals surface area contributed by atoms with Gasteiger partial charge in [0, 0.05) is 12.8 Å². The van der Waals surface area contributed by atoms with Crippen LogP contribution in [-0.4, -0.2) is 13.0 Å². The largest absolute Gasteiger partial charge is 0.494 e. The number of hydrogen-bond acceptors (Lipinski definition) is 3. The fraction of sp³-hybridized carbons (Fsp3) is 0.429. The molecule has 18 heavy (non-hydrogen) atoms. The number of nitriles is 1. The zero-order chi connectivity index (χ0) is 13.7. The summed E-state index contributed by atoms with van der Waals surface area (Å²) in [5.41, 5.74) is 3.79. The number of amides is 1. The molecule has 1 aromatic rings. The molecule has 0 saturated heterocycles. The Morgan fingerprint density at radius 3 is 2.61 bits per heavy atom. The van der Waals surface area contributed by atoms with Crippen LogP contribution in [0.5, 0.6) is 5.75 Å². The van der Waals surface area contributed by atoms with Crippen molar-refractivity contribution < 1.29 is 9.53 Å². The Bertz CT molecular complexity index is 501. The Labute approximate surface area is 108 Å². The van der Waals surface area contributed by atoms with E-state index in [4.69, 9.17) is 10.00 Å². The van der Waals surface area contributed by atoms with Crippen LogP contribution >= 0.6 is 0 Å². The topological polar surface area (TPSA) is 62.1 Å². The zero-order valence-corrected chi connectivity index (χ0v) is 11.3. The van der Waals surface area contributed by atoms with Gasteiger partial charge >= 0.3 is 0 Å². The van der Waals surface area contributed by atoms with Gasteiger partial charge in [0.05, 0.1) is 18.9 Å². The van der Waals surface area contributed by atoms with Gasteiger partial charge in [0.15, 0.2) is 0 Å². The van der Waals surface area contributed by atoms with Crippen molar-refractivity contribution in [2.45, 2.75) is 33.6 Å². The van der Waals surface area contributed by atoms with Gasteiger partial charge in [-0.05, 0) is 37.5 Å². The van der Waals surface area contributed by atoms with Crippen LogP contribution in [0.1, 0.15) is 29.5 Å². The third kappa shape index (κ3) is 3.01. The second kappa shape index (κ2) is 6.06. The molecule has 0 aromatic heterocycles. The lowest BCUT2D eigenvalue weighted by Crippen LogP contribution is -2.13. The lowest BCUT2D eigenvalue weighted by atomic mass is 10.0. The molecule has 0 atom stereocenters. The van der Waals surface area contributed by atoms with E-state index in [0.717, 1.165) is 16.7 Å². The SMILES string of the molecule is COc1c(C)c(C)cc(C)c1NC(=O)CCC#N. The number of rotatable bonds is 4. The number of anilines is 1. The molecule has 0 heterocycles. The summed E-state index contributed by atoms with van der Waals surface area (Å²) in [6.45, 7) is 5.89. The fourth-order valence-electron chi connectivity index (χ4n) is 1.83. The van der Waals surface area contributed by atoms with Crippen molar-refractivity contribution in [2.75, 3.05) is 12.4 Å². The normalized spacial score (nSPS) is 9.72. The first-order chi connectivity index (χ1) is 8.51. The van der Waals surface area contributed by atoms with Crippen molar-refractivity contribution >= 4 is 11.6 Å². The molecule has 1 N–H and O–H groups in total. The first kappa shape index (κ1) is 14.0. The number of nitrogens with zero attached hydrogens (tertiary/aromatic N) is 1. The van der Waals surface area contributed by atoms with Gasteiger partial charge < -0.3 is 10.1 Å². The number of methoxy groups -OCH3 is 1. The molecule has 0 saturated carbocycles. The molecule has 0 spiro atoms. The maximum atomic E-state index is 11.7. The summed E-state index contributed by atoms with van der Waals surface area (Å²) in [5.74, 6) is 0.527. The molecule has 0 bridgehead atoms. The molecule has 1 aromatic carbocycles. The summed E-state index contributed by atoms with van der Waals surface area (Å²) in [7, 11) is 1.59. The quantitative estimate of drug-likeness (QED) is 0.888. The van der Waals surface area contributed by atoms with Gasteiger partial charge in [-0.2, -0.15) is 5.26 Å². The molecule has 0 aliphatic carbocycles. The average Bonchev–Trinajstić information content (AvgIpc) is 2.34. The van der Waals surface area contributed by atoms with Crippen molar-refractivity contribution in [1.82, 2.24) is 0 Å². The molecule has 0 unspecified atom stereocenters. The van der Waals surface area contributed by atoms with Crippen molar-refractivity contribution in [1.29, 1.82) is 5.26 Å². The van der Waals surface area contributed by atoms with E-state index in [9.17, 15) is 4.79 Å². The second-order valence-electron chi connectivity index (χ2n) is 4.25. The molecule has 0 fully saturated rings. The predicted octanol–water partition coefficient (Wildman–Crippen LogP) is 2.86. The molecule has 0 radical (unpaired) electrons. The predicted molar refractivity (Wildman–Crippen MR) is 70.7 cm³/mol. The summed E-state index contributed by atoms with van der Waals surface area (Å²) in [4.78, 5) is 11.7.